The van der Waals surface area contributed by atoms with Gasteiger partial charge in [-0.25, -0.2) is 0 Å². The fourth-order valence-electron chi connectivity index (χ4n) is 2.40. The van der Waals surface area contributed by atoms with E-state index in [9.17, 15) is 10.2 Å². The number of ether oxygens (including phenoxy) is 1. The van der Waals surface area contributed by atoms with Crippen LogP contribution in [0.4, 0.5) is 0 Å². The topological polar surface area (TPSA) is 86.1 Å². The Balaban J connectivity index is 0.00000110. The summed E-state index contributed by atoms with van der Waals surface area (Å²) in [5.41, 5.74) is -0.196. The van der Waals surface area contributed by atoms with Gasteiger partial charge in [0.25, 0.3) is 0 Å². The Bertz CT molecular complexity index is 374. The number of hydrogen-bond acceptors (Lipinski definition) is 7. The number of rotatable bonds is 4. The van der Waals surface area contributed by atoms with Gasteiger partial charge in [-0.3, -0.25) is 4.99 Å². The fraction of sp³-hybridized carbons (Fsp3) is 0.917. The number of nitrogens with zero attached hydrogens (tertiary/aromatic N) is 1. The third-order valence-electron chi connectivity index (χ3n) is 3.68. The third-order valence-corrected chi connectivity index (χ3v) is 4.77. The SMILES string of the molecule is CCNC1=N[C@@H]2[C@@H](O)[C@H](O)[C@@H](CNC3CC3)O[C@@H]2S1.Cl.Cl. The van der Waals surface area contributed by atoms with Gasteiger partial charge in [0.15, 0.2) is 5.17 Å². The van der Waals surface area contributed by atoms with Crippen LogP contribution >= 0.6 is 36.6 Å². The number of nitrogens with one attached hydrogen (secondary N) is 2. The highest BCUT2D eigenvalue weighted by Gasteiger charge is 2.48. The summed E-state index contributed by atoms with van der Waals surface area (Å²) in [7, 11) is 0. The molecule has 1 saturated carbocycles. The van der Waals surface area contributed by atoms with E-state index in [1.807, 2.05) is 6.92 Å². The molecule has 0 aromatic heterocycles. The van der Waals surface area contributed by atoms with Crippen molar-refractivity contribution in [2.24, 2.45) is 4.99 Å². The zero-order valence-electron chi connectivity index (χ0n) is 11.8. The minimum Gasteiger partial charge on any atom is -0.388 e. The number of aliphatic hydroxyl groups is 2. The number of hydrogen-bond donors (Lipinski definition) is 4. The maximum absolute atomic E-state index is 10.2. The highest BCUT2D eigenvalue weighted by Crippen LogP contribution is 2.35. The predicted octanol–water partition coefficient (Wildman–Crippen LogP) is 0.110. The first-order valence-electron chi connectivity index (χ1n) is 6.92. The van der Waals surface area contributed by atoms with Crippen molar-refractivity contribution in [1.82, 2.24) is 10.6 Å². The largest absolute Gasteiger partial charge is 0.388 e. The lowest BCUT2D eigenvalue weighted by molar-refractivity contribution is -0.150. The van der Waals surface area contributed by atoms with Crippen molar-refractivity contribution in [3.05, 3.63) is 0 Å². The van der Waals surface area contributed by atoms with Gasteiger partial charge in [-0.05, 0) is 19.8 Å². The Kier molecular flexibility index (Phi) is 7.52. The lowest BCUT2D eigenvalue weighted by Crippen LogP contribution is -2.57. The van der Waals surface area contributed by atoms with Crippen LogP contribution in [0.1, 0.15) is 19.8 Å². The Morgan fingerprint density at radius 3 is 2.62 bits per heavy atom. The average molecular weight is 360 g/mol. The van der Waals surface area contributed by atoms with E-state index in [-0.39, 0.29) is 42.4 Å². The van der Waals surface area contributed by atoms with E-state index >= 15 is 0 Å². The number of fused-ring (bicyclic) bond motifs is 1. The normalized spacial score (nSPS) is 37.9. The summed E-state index contributed by atoms with van der Waals surface area (Å²) < 4.78 is 5.88. The second-order valence-corrected chi connectivity index (χ2v) is 6.37. The van der Waals surface area contributed by atoms with Crippen LogP contribution in [0.5, 0.6) is 0 Å². The average Bonchev–Trinajstić information content (AvgIpc) is 3.13. The van der Waals surface area contributed by atoms with Crippen molar-refractivity contribution in [1.29, 1.82) is 0 Å². The minimum absolute atomic E-state index is 0. The van der Waals surface area contributed by atoms with Crippen molar-refractivity contribution in [3.63, 3.8) is 0 Å². The first-order chi connectivity index (χ1) is 9.19. The van der Waals surface area contributed by atoms with Crippen molar-refractivity contribution in [2.75, 3.05) is 13.1 Å². The monoisotopic (exact) mass is 359 g/mol. The molecule has 0 amide bonds. The quantitative estimate of drug-likeness (QED) is 0.570. The van der Waals surface area contributed by atoms with Gasteiger partial charge in [0.1, 0.15) is 29.8 Å². The van der Waals surface area contributed by atoms with E-state index in [1.54, 1.807) is 0 Å². The van der Waals surface area contributed by atoms with Crippen LogP contribution < -0.4 is 10.6 Å². The van der Waals surface area contributed by atoms with Gasteiger partial charge in [0.05, 0.1) is 0 Å². The Morgan fingerprint density at radius 1 is 1.29 bits per heavy atom. The molecule has 124 valence electrons. The second kappa shape index (κ2) is 8.19. The molecule has 0 aromatic rings. The Labute approximate surface area is 141 Å². The number of thioether (sulfide) groups is 1. The van der Waals surface area contributed by atoms with Crippen molar-refractivity contribution >= 4 is 41.7 Å². The van der Waals surface area contributed by atoms with Crippen LogP contribution in [0.2, 0.25) is 0 Å². The van der Waals surface area contributed by atoms with Crippen LogP contribution in [0, 0.1) is 0 Å². The van der Waals surface area contributed by atoms with E-state index in [0.29, 0.717) is 12.6 Å². The molecule has 2 aliphatic heterocycles. The summed E-state index contributed by atoms with van der Waals surface area (Å²) in [6.07, 6.45) is 0.298. The molecule has 2 heterocycles. The predicted molar refractivity (Wildman–Crippen MR) is 88.7 cm³/mol. The van der Waals surface area contributed by atoms with E-state index in [2.05, 4.69) is 15.6 Å². The third kappa shape index (κ3) is 4.37. The summed E-state index contributed by atoms with van der Waals surface area (Å²) in [6, 6.07) is 0.196. The smallest absolute Gasteiger partial charge is 0.159 e. The molecular formula is C12H23Cl2N3O3S. The maximum atomic E-state index is 10.2. The number of aliphatic hydroxyl groups excluding tert-OH is 2. The minimum atomic E-state index is -0.877. The highest BCUT2D eigenvalue weighted by molar-refractivity contribution is 8.14. The fourth-order valence-corrected chi connectivity index (χ4v) is 3.59. The highest BCUT2D eigenvalue weighted by atomic mass is 35.5. The molecule has 3 rings (SSSR count). The standard InChI is InChI=1S/C12H21N3O3S.2ClH/c1-2-13-12-15-8-10(17)9(16)7(18-11(8)19-12)5-14-6-3-4-6;;/h6-11,14,16-17H,2-5H2,1H3,(H,13,15);2*1H/t7-,8-,9-,10-,11-;;/m1../s1. The van der Waals surface area contributed by atoms with E-state index < -0.39 is 12.2 Å². The molecule has 21 heavy (non-hydrogen) atoms. The lowest BCUT2D eigenvalue weighted by Gasteiger charge is -2.38. The van der Waals surface area contributed by atoms with Crippen LogP contribution in [-0.2, 0) is 4.74 Å². The second-order valence-electron chi connectivity index (χ2n) is 5.28. The van der Waals surface area contributed by atoms with Crippen molar-refractivity contribution in [3.8, 4) is 0 Å². The van der Waals surface area contributed by atoms with Crippen LogP contribution in [0.3, 0.4) is 0 Å². The van der Waals surface area contributed by atoms with Crippen LogP contribution in [-0.4, -0.2) is 64.3 Å². The summed E-state index contributed by atoms with van der Waals surface area (Å²) in [5.74, 6) is 0. The molecule has 0 spiro atoms. The molecule has 3 aliphatic rings. The van der Waals surface area contributed by atoms with Gasteiger partial charge in [-0.2, -0.15) is 0 Å². The van der Waals surface area contributed by atoms with E-state index in [4.69, 9.17) is 4.74 Å². The van der Waals surface area contributed by atoms with Gasteiger partial charge in [-0.1, -0.05) is 11.8 Å². The molecule has 9 heteroatoms. The summed E-state index contributed by atoms with van der Waals surface area (Å²) >= 11 is 1.50. The molecule has 5 atom stereocenters. The van der Waals surface area contributed by atoms with Crippen LogP contribution in [0.15, 0.2) is 4.99 Å². The molecule has 0 aromatic carbocycles. The van der Waals surface area contributed by atoms with E-state index in [1.165, 1.54) is 24.6 Å². The summed E-state index contributed by atoms with van der Waals surface area (Å²) in [4.78, 5) is 4.39. The van der Waals surface area contributed by atoms with Crippen LogP contribution in [0.25, 0.3) is 0 Å². The van der Waals surface area contributed by atoms with Gasteiger partial charge < -0.3 is 25.6 Å². The van der Waals surface area contributed by atoms with Crippen molar-refractivity contribution in [2.45, 2.75) is 55.6 Å². The van der Waals surface area contributed by atoms with Crippen molar-refractivity contribution < 1.29 is 14.9 Å². The summed E-state index contributed by atoms with van der Waals surface area (Å²) in [6.45, 7) is 3.37. The molecule has 2 fully saturated rings. The molecule has 0 bridgehead atoms. The summed E-state index contributed by atoms with van der Waals surface area (Å²) in [5, 5.41) is 27.6. The lowest BCUT2D eigenvalue weighted by atomic mass is 9.98. The Hall–Kier alpha value is 0.240. The first kappa shape index (κ1) is 19.3. The Morgan fingerprint density at radius 2 is 2.00 bits per heavy atom. The number of amidine groups is 1. The van der Waals surface area contributed by atoms with Gasteiger partial charge in [-0.15, -0.1) is 24.8 Å². The zero-order chi connectivity index (χ0) is 13.4. The molecule has 4 N–H and O–H groups in total. The van der Waals surface area contributed by atoms with Gasteiger partial charge >= 0.3 is 0 Å². The maximum Gasteiger partial charge on any atom is 0.159 e. The molecular weight excluding hydrogens is 337 g/mol. The van der Waals surface area contributed by atoms with E-state index in [0.717, 1.165) is 11.7 Å². The zero-order valence-corrected chi connectivity index (χ0v) is 14.2. The first-order valence-corrected chi connectivity index (χ1v) is 7.80. The molecule has 0 unspecified atom stereocenters. The molecule has 1 aliphatic carbocycles. The number of aliphatic imine (C=N–C) groups is 1. The molecule has 0 radical (unpaired) electrons. The molecule has 1 saturated heterocycles. The van der Waals surface area contributed by atoms with Gasteiger partial charge in [0, 0.05) is 19.1 Å². The number of halogens is 2. The van der Waals surface area contributed by atoms with Gasteiger partial charge in [0.2, 0.25) is 0 Å². The molecule has 6 nitrogen and oxygen atoms in total.